The average molecular weight is 411 g/mol. The van der Waals surface area contributed by atoms with Gasteiger partial charge in [0.25, 0.3) is 5.91 Å². The van der Waals surface area contributed by atoms with Crippen LogP contribution in [0.4, 0.5) is 18.9 Å². The summed E-state index contributed by atoms with van der Waals surface area (Å²) in [6, 6.07) is 8.15. The molecule has 1 amide bonds. The Kier molecular flexibility index (Phi) is 4.57. The fraction of sp³-hybridized carbons (Fsp3) is 0.238. The van der Waals surface area contributed by atoms with E-state index in [1.54, 1.807) is 29.2 Å². The average Bonchev–Trinajstić information content (AvgIpc) is 3.15. The van der Waals surface area contributed by atoms with Crippen LogP contribution in [0.1, 0.15) is 40.3 Å². The summed E-state index contributed by atoms with van der Waals surface area (Å²) in [5, 5.41) is 13.5. The number of carbonyl (C=O) groups is 1. The second kappa shape index (κ2) is 6.99. The first kappa shape index (κ1) is 19.6. The highest BCUT2D eigenvalue weighted by Gasteiger charge is 2.36. The number of nitrogens with zero attached hydrogens (tertiary/aromatic N) is 5. The van der Waals surface area contributed by atoms with Crippen LogP contribution in [0.5, 0.6) is 0 Å². The van der Waals surface area contributed by atoms with Crippen molar-refractivity contribution in [3.8, 4) is 17.2 Å². The third-order valence-corrected chi connectivity index (χ3v) is 5.06. The molecular weight excluding hydrogens is 395 g/mol. The minimum atomic E-state index is -4.65. The molecule has 0 bridgehead atoms. The number of halogens is 3. The molecule has 1 atom stereocenters. The summed E-state index contributed by atoms with van der Waals surface area (Å²) < 4.78 is 41.0. The zero-order chi connectivity index (χ0) is 21.6. The van der Waals surface area contributed by atoms with Gasteiger partial charge >= 0.3 is 6.18 Å². The number of hydrogen-bond acceptors (Lipinski definition) is 4. The standard InChI is InChI=1S/C21H16F3N5O/c1-12-7-14(5-6-26-12)17-10-27-29-13(2)11-28(20(30)19(17)29)16-3-4-18(21(22,23)24)15(8-16)9-25/h3-8,10,13H,11H2,1-2H3/t13-/m0/s1. The lowest BCUT2D eigenvalue weighted by molar-refractivity contribution is -0.137. The molecule has 1 aliphatic heterocycles. The van der Waals surface area contributed by atoms with Crippen LogP contribution in [0.25, 0.3) is 11.1 Å². The van der Waals surface area contributed by atoms with E-state index in [1.165, 1.54) is 11.0 Å². The van der Waals surface area contributed by atoms with Gasteiger partial charge in [0, 0.05) is 29.7 Å². The fourth-order valence-electron chi connectivity index (χ4n) is 3.65. The van der Waals surface area contributed by atoms with Crippen LogP contribution in [0.15, 0.2) is 42.7 Å². The second-order valence-electron chi connectivity index (χ2n) is 7.14. The summed E-state index contributed by atoms with van der Waals surface area (Å²) in [4.78, 5) is 18.9. The van der Waals surface area contributed by atoms with E-state index >= 15 is 0 Å². The van der Waals surface area contributed by atoms with Gasteiger partial charge in [-0.2, -0.15) is 23.5 Å². The summed E-state index contributed by atoms with van der Waals surface area (Å²) >= 11 is 0. The van der Waals surface area contributed by atoms with Gasteiger partial charge in [-0.05, 0) is 49.7 Å². The van der Waals surface area contributed by atoms with Crippen LogP contribution >= 0.6 is 0 Å². The maximum absolute atomic E-state index is 13.3. The maximum Gasteiger partial charge on any atom is 0.417 e. The van der Waals surface area contributed by atoms with Crippen molar-refractivity contribution in [2.24, 2.45) is 0 Å². The Morgan fingerprint density at radius 3 is 2.67 bits per heavy atom. The Bertz CT molecular complexity index is 1190. The van der Waals surface area contributed by atoms with Crippen LogP contribution < -0.4 is 4.90 Å². The van der Waals surface area contributed by atoms with Crippen LogP contribution in [-0.4, -0.2) is 27.2 Å². The topological polar surface area (TPSA) is 74.8 Å². The van der Waals surface area contributed by atoms with Gasteiger partial charge in [-0.1, -0.05) is 0 Å². The molecular formula is C21H16F3N5O. The van der Waals surface area contributed by atoms with Crippen molar-refractivity contribution in [2.45, 2.75) is 26.1 Å². The third kappa shape index (κ3) is 3.20. The van der Waals surface area contributed by atoms with E-state index in [0.717, 1.165) is 23.4 Å². The van der Waals surface area contributed by atoms with Crippen molar-refractivity contribution >= 4 is 11.6 Å². The molecule has 0 unspecified atom stereocenters. The molecule has 1 aliphatic rings. The number of carbonyl (C=O) groups excluding carboxylic acids is 1. The molecule has 4 rings (SSSR count). The van der Waals surface area contributed by atoms with E-state index in [4.69, 9.17) is 0 Å². The lowest BCUT2D eigenvalue weighted by Gasteiger charge is -2.32. The molecule has 0 N–H and O–H groups in total. The van der Waals surface area contributed by atoms with Crippen molar-refractivity contribution < 1.29 is 18.0 Å². The maximum atomic E-state index is 13.3. The van der Waals surface area contributed by atoms with Crippen molar-refractivity contribution in [2.75, 3.05) is 11.4 Å². The molecule has 3 aromatic rings. The van der Waals surface area contributed by atoms with Gasteiger partial charge in [0.15, 0.2) is 0 Å². The first-order valence-electron chi connectivity index (χ1n) is 9.14. The molecule has 30 heavy (non-hydrogen) atoms. The second-order valence-corrected chi connectivity index (χ2v) is 7.14. The largest absolute Gasteiger partial charge is 0.417 e. The number of amides is 1. The van der Waals surface area contributed by atoms with Gasteiger partial charge in [0.2, 0.25) is 0 Å². The molecule has 2 aromatic heterocycles. The summed E-state index contributed by atoms with van der Waals surface area (Å²) in [5.41, 5.74) is 1.21. The highest BCUT2D eigenvalue weighted by atomic mass is 19.4. The van der Waals surface area contributed by atoms with E-state index in [0.29, 0.717) is 11.3 Å². The third-order valence-electron chi connectivity index (χ3n) is 5.06. The van der Waals surface area contributed by atoms with Gasteiger partial charge < -0.3 is 4.90 Å². The van der Waals surface area contributed by atoms with E-state index in [1.807, 2.05) is 19.9 Å². The predicted octanol–water partition coefficient (Wildman–Crippen LogP) is 4.37. The molecule has 0 radical (unpaired) electrons. The number of nitriles is 1. The van der Waals surface area contributed by atoms with Crippen molar-refractivity contribution in [1.29, 1.82) is 5.26 Å². The lowest BCUT2D eigenvalue weighted by atomic mass is 10.0. The number of anilines is 1. The van der Waals surface area contributed by atoms with Gasteiger partial charge in [-0.25, -0.2) is 0 Å². The minimum Gasteiger partial charge on any atom is -0.305 e. The molecule has 9 heteroatoms. The molecule has 1 aromatic carbocycles. The number of rotatable bonds is 2. The van der Waals surface area contributed by atoms with Crippen LogP contribution in [-0.2, 0) is 6.18 Å². The van der Waals surface area contributed by atoms with E-state index < -0.39 is 23.2 Å². The molecule has 6 nitrogen and oxygen atoms in total. The number of hydrogen-bond donors (Lipinski definition) is 0. The van der Waals surface area contributed by atoms with Crippen molar-refractivity contribution in [3.05, 3.63) is 65.2 Å². The number of aromatic nitrogens is 3. The van der Waals surface area contributed by atoms with Crippen molar-refractivity contribution in [3.63, 3.8) is 0 Å². The molecule has 0 aliphatic carbocycles. The molecule has 152 valence electrons. The highest BCUT2D eigenvalue weighted by molar-refractivity contribution is 6.09. The zero-order valence-electron chi connectivity index (χ0n) is 16.1. The van der Waals surface area contributed by atoms with Gasteiger partial charge in [0.1, 0.15) is 5.69 Å². The first-order valence-corrected chi connectivity index (χ1v) is 9.14. The van der Waals surface area contributed by atoms with E-state index in [-0.39, 0.29) is 18.3 Å². The summed E-state index contributed by atoms with van der Waals surface area (Å²) in [5.74, 6) is -0.390. The van der Waals surface area contributed by atoms with Crippen LogP contribution in [0.2, 0.25) is 0 Å². The Balaban J connectivity index is 1.80. The number of aryl methyl sites for hydroxylation is 1. The number of benzene rings is 1. The Morgan fingerprint density at radius 1 is 1.23 bits per heavy atom. The Labute approximate surface area is 170 Å². The predicted molar refractivity (Wildman–Crippen MR) is 103 cm³/mol. The monoisotopic (exact) mass is 411 g/mol. The van der Waals surface area contributed by atoms with Gasteiger partial charge in [0.05, 0.1) is 29.4 Å². The fourth-order valence-corrected chi connectivity index (χ4v) is 3.65. The molecule has 0 saturated carbocycles. The normalized spacial score (nSPS) is 16.3. The first-order chi connectivity index (χ1) is 14.2. The van der Waals surface area contributed by atoms with Gasteiger partial charge in [-0.3, -0.25) is 14.5 Å². The van der Waals surface area contributed by atoms with E-state index in [2.05, 4.69) is 10.1 Å². The number of pyridine rings is 1. The highest BCUT2D eigenvalue weighted by Crippen LogP contribution is 2.36. The Hall–Kier alpha value is -3.67. The summed E-state index contributed by atoms with van der Waals surface area (Å²) in [7, 11) is 0. The zero-order valence-corrected chi connectivity index (χ0v) is 16.1. The quantitative estimate of drug-likeness (QED) is 0.628. The molecule has 3 heterocycles. The van der Waals surface area contributed by atoms with Crippen LogP contribution in [0, 0.1) is 18.3 Å². The molecule has 0 fully saturated rings. The minimum absolute atomic E-state index is 0.206. The summed E-state index contributed by atoms with van der Waals surface area (Å²) in [6.07, 6.45) is -1.40. The van der Waals surface area contributed by atoms with Crippen molar-refractivity contribution in [1.82, 2.24) is 14.8 Å². The van der Waals surface area contributed by atoms with Crippen LogP contribution in [0.3, 0.4) is 0 Å². The Morgan fingerprint density at radius 2 is 2.00 bits per heavy atom. The number of alkyl halides is 3. The number of fused-ring (bicyclic) bond motifs is 1. The van der Waals surface area contributed by atoms with E-state index in [9.17, 15) is 23.2 Å². The SMILES string of the molecule is Cc1cc(-c2cnn3c2C(=O)N(c2ccc(C(F)(F)F)c(C#N)c2)C[C@@H]3C)ccn1. The molecule has 0 spiro atoms. The summed E-state index contributed by atoms with van der Waals surface area (Å²) in [6.45, 7) is 3.92. The molecule has 0 saturated heterocycles. The lowest BCUT2D eigenvalue weighted by Crippen LogP contribution is -2.42. The smallest absolute Gasteiger partial charge is 0.305 e. The van der Waals surface area contributed by atoms with Gasteiger partial charge in [-0.15, -0.1) is 0 Å².